The van der Waals surface area contributed by atoms with Gasteiger partial charge >= 0.3 is 0 Å². The summed E-state index contributed by atoms with van der Waals surface area (Å²) in [6, 6.07) is 10.5. The van der Waals surface area contributed by atoms with E-state index >= 15 is 0 Å². The van der Waals surface area contributed by atoms with Gasteiger partial charge in [0.25, 0.3) is 0 Å². The third-order valence-electron chi connectivity index (χ3n) is 5.19. The SMILES string of the molecule is O=Cc1c2c(n3ccccc13)CC(CNS(=O)(=O)c1ccc(F)cc1)CC2. The molecule has 0 radical (unpaired) electrons. The Morgan fingerprint density at radius 1 is 1.19 bits per heavy atom. The number of nitrogens with one attached hydrogen (secondary N) is 1. The lowest BCUT2D eigenvalue weighted by molar-refractivity contribution is 0.112. The molecule has 0 bridgehead atoms. The second kappa shape index (κ2) is 6.90. The molecule has 1 N–H and O–H groups in total. The van der Waals surface area contributed by atoms with E-state index in [4.69, 9.17) is 0 Å². The van der Waals surface area contributed by atoms with Gasteiger partial charge in [0, 0.05) is 24.0 Å². The molecule has 1 atom stereocenters. The molecule has 0 saturated heterocycles. The third kappa shape index (κ3) is 3.28. The van der Waals surface area contributed by atoms with E-state index in [0.717, 1.165) is 53.6 Å². The van der Waals surface area contributed by atoms with E-state index in [1.807, 2.05) is 28.8 Å². The van der Waals surface area contributed by atoms with Crippen molar-refractivity contribution >= 4 is 21.8 Å². The van der Waals surface area contributed by atoms with Crippen LogP contribution in [-0.2, 0) is 22.9 Å². The molecule has 5 nitrogen and oxygen atoms in total. The summed E-state index contributed by atoms with van der Waals surface area (Å²) < 4.78 is 42.5. The largest absolute Gasteiger partial charge is 0.320 e. The number of pyridine rings is 1. The first-order valence-corrected chi connectivity index (χ1v) is 10.3. The minimum Gasteiger partial charge on any atom is -0.320 e. The highest BCUT2D eigenvalue weighted by Crippen LogP contribution is 2.31. The maximum atomic E-state index is 13.0. The first-order valence-electron chi connectivity index (χ1n) is 8.81. The molecular weight excluding hydrogens is 367 g/mol. The lowest BCUT2D eigenvalue weighted by Crippen LogP contribution is -2.32. The van der Waals surface area contributed by atoms with Crippen LogP contribution >= 0.6 is 0 Å². The van der Waals surface area contributed by atoms with Crippen molar-refractivity contribution in [2.45, 2.75) is 24.2 Å². The third-order valence-corrected chi connectivity index (χ3v) is 6.63. The van der Waals surface area contributed by atoms with Gasteiger partial charge in [0.2, 0.25) is 10.0 Å². The number of carbonyl (C=O) groups is 1. The van der Waals surface area contributed by atoms with Gasteiger partial charge in [-0.05, 0) is 67.1 Å². The Hall–Kier alpha value is -2.51. The van der Waals surface area contributed by atoms with Crippen molar-refractivity contribution in [3.8, 4) is 0 Å². The molecule has 1 unspecified atom stereocenters. The van der Waals surface area contributed by atoms with Crippen molar-refractivity contribution in [1.82, 2.24) is 9.12 Å². The van der Waals surface area contributed by atoms with Crippen LogP contribution in [0.4, 0.5) is 4.39 Å². The molecule has 2 aromatic heterocycles. The molecule has 1 aliphatic carbocycles. The Bertz CT molecular complexity index is 1100. The number of nitrogens with zero attached hydrogens (tertiary/aromatic N) is 1. The van der Waals surface area contributed by atoms with Gasteiger partial charge in [-0.25, -0.2) is 17.5 Å². The van der Waals surface area contributed by atoms with E-state index in [0.29, 0.717) is 13.0 Å². The highest BCUT2D eigenvalue weighted by atomic mass is 32.2. The predicted molar refractivity (Wildman–Crippen MR) is 99.9 cm³/mol. The molecule has 0 saturated carbocycles. The lowest BCUT2D eigenvalue weighted by atomic mass is 9.86. The molecule has 2 heterocycles. The van der Waals surface area contributed by atoms with Crippen LogP contribution in [0.5, 0.6) is 0 Å². The fourth-order valence-electron chi connectivity index (χ4n) is 3.81. The van der Waals surface area contributed by atoms with E-state index < -0.39 is 15.8 Å². The zero-order valence-electron chi connectivity index (χ0n) is 14.6. The molecule has 0 aliphatic heterocycles. The average molecular weight is 386 g/mol. The van der Waals surface area contributed by atoms with Gasteiger partial charge < -0.3 is 4.40 Å². The van der Waals surface area contributed by atoms with Gasteiger partial charge in [-0.1, -0.05) is 6.07 Å². The van der Waals surface area contributed by atoms with E-state index in [2.05, 4.69) is 4.72 Å². The smallest absolute Gasteiger partial charge is 0.240 e. The Morgan fingerprint density at radius 2 is 1.96 bits per heavy atom. The van der Waals surface area contributed by atoms with Crippen molar-refractivity contribution in [3.63, 3.8) is 0 Å². The quantitative estimate of drug-likeness (QED) is 0.686. The number of hydrogen-bond donors (Lipinski definition) is 1. The summed E-state index contributed by atoms with van der Waals surface area (Å²) >= 11 is 0. The van der Waals surface area contributed by atoms with Gasteiger partial charge in [0.05, 0.1) is 10.4 Å². The Kier molecular flexibility index (Phi) is 4.57. The van der Waals surface area contributed by atoms with Crippen LogP contribution < -0.4 is 4.72 Å². The Labute approximate surface area is 156 Å². The molecule has 3 aromatic rings. The van der Waals surface area contributed by atoms with Crippen LogP contribution in [0.2, 0.25) is 0 Å². The minimum atomic E-state index is -3.68. The number of carbonyl (C=O) groups excluding carboxylic acids is 1. The maximum absolute atomic E-state index is 13.0. The van der Waals surface area contributed by atoms with Crippen LogP contribution in [-0.4, -0.2) is 25.6 Å². The zero-order valence-corrected chi connectivity index (χ0v) is 15.4. The van der Waals surface area contributed by atoms with Crippen molar-refractivity contribution in [1.29, 1.82) is 0 Å². The van der Waals surface area contributed by atoms with Gasteiger partial charge in [-0.3, -0.25) is 4.79 Å². The predicted octanol–water partition coefficient (Wildman–Crippen LogP) is 2.97. The first kappa shape index (κ1) is 17.9. The summed E-state index contributed by atoms with van der Waals surface area (Å²) in [5.74, 6) is -0.342. The second-order valence-electron chi connectivity index (χ2n) is 6.83. The monoisotopic (exact) mass is 386 g/mol. The van der Waals surface area contributed by atoms with Gasteiger partial charge in [0.15, 0.2) is 6.29 Å². The molecular formula is C20H19FN2O3S. The van der Waals surface area contributed by atoms with Crippen molar-refractivity contribution < 1.29 is 17.6 Å². The number of aldehydes is 1. The molecule has 4 rings (SSSR count). The van der Waals surface area contributed by atoms with Gasteiger partial charge in [-0.15, -0.1) is 0 Å². The average Bonchev–Trinajstić information content (AvgIpc) is 3.00. The van der Waals surface area contributed by atoms with Crippen molar-refractivity contribution in [2.75, 3.05) is 6.54 Å². The zero-order chi connectivity index (χ0) is 19.0. The van der Waals surface area contributed by atoms with Crippen LogP contribution in [0.1, 0.15) is 28.0 Å². The van der Waals surface area contributed by atoms with Crippen LogP contribution in [0, 0.1) is 11.7 Å². The summed E-state index contributed by atoms with van der Waals surface area (Å²) in [5, 5.41) is 0. The molecule has 1 aliphatic rings. The van der Waals surface area contributed by atoms with E-state index in [1.165, 1.54) is 12.1 Å². The van der Waals surface area contributed by atoms with E-state index in [9.17, 15) is 17.6 Å². The maximum Gasteiger partial charge on any atom is 0.240 e. The fourth-order valence-corrected chi connectivity index (χ4v) is 4.92. The summed E-state index contributed by atoms with van der Waals surface area (Å²) in [5.41, 5.74) is 3.76. The fraction of sp³-hybridized carbons (Fsp3) is 0.250. The van der Waals surface area contributed by atoms with Gasteiger partial charge in [0.1, 0.15) is 5.82 Å². The molecule has 0 fully saturated rings. The number of rotatable bonds is 5. The summed E-state index contributed by atoms with van der Waals surface area (Å²) in [6.45, 7) is 0.301. The number of hydrogen-bond acceptors (Lipinski definition) is 3. The molecule has 0 spiro atoms. The standard InChI is InChI=1S/C20H19FN2O3S/c21-15-5-7-16(8-6-15)27(25,26)22-12-14-4-9-17-18(13-24)19-3-1-2-10-23(19)20(17)11-14/h1-3,5-8,10,13-14,22H,4,9,11-12H2. The molecule has 7 heteroatoms. The van der Waals surface area contributed by atoms with Crippen LogP contribution in [0.25, 0.3) is 5.52 Å². The van der Waals surface area contributed by atoms with Gasteiger partial charge in [-0.2, -0.15) is 0 Å². The Morgan fingerprint density at radius 3 is 2.70 bits per heavy atom. The number of benzene rings is 1. The second-order valence-corrected chi connectivity index (χ2v) is 8.59. The number of aromatic nitrogens is 1. The highest BCUT2D eigenvalue weighted by molar-refractivity contribution is 7.89. The van der Waals surface area contributed by atoms with Crippen LogP contribution in [0.3, 0.4) is 0 Å². The number of fused-ring (bicyclic) bond motifs is 3. The summed E-state index contributed by atoms with van der Waals surface area (Å²) in [6.07, 6.45) is 5.09. The molecule has 0 amide bonds. The number of halogens is 1. The lowest BCUT2D eigenvalue weighted by Gasteiger charge is -2.23. The topological polar surface area (TPSA) is 67.7 Å². The Balaban J connectivity index is 1.54. The van der Waals surface area contributed by atoms with E-state index in [-0.39, 0.29) is 10.8 Å². The molecule has 27 heavy (non-hydrogen) atoms. The van der Waals surface area contributed by atoms with Crippen molar-refractivity contribution in [2.24, 2.45) is 5.92 Å². The molecule has 140 valence electrons. The summed E-state index contributed by atoms with van der Waals surface area (Å²) in [7, 11) is -3.68. The van der Waals surface area contributed by atoms with Crippen molar-refractivity contribution in [3.05, 3.63) is 71.3 Å². The molecule has 1 aromatic carbocycles. The number of sulfonamides is 1. The highest BCUT2D eigenvalue weighted by Gasteiger charge is 2.27. The normalized spacial score (nSPS) is 17.0. The first-order chi connectivity index (χ1) is 13.0. The van der Waals surface area contributed by atoms with E-state index in [1.54, 1.807) is 0 Å². The van der Waals surface area contributed by atoms with Crippen LogP contribution in [0.15, 0.2) is 53.6 Å². The summed E-state index contributed by atoms with van der Waals surface area (Å²) in [4.78, 5) is 11.6. The minimum absolute atomic E-state index is 0.0526.